The Morgan fingerprint density at radius 1 is 1.08 bits per heavy atom. The SMILES string of the molecule is CC(COc1ccc(C(=O)Nc2ccc(CC(=O)Nc3cc(C(C)(C)C)on3)cc2)nc1)N1CCCC1. The van der Waals surface area contributed by atoms with Crippen LogP contribution in [0.5, 0.6) is 5.75 Å². The number of carbonyl (C=O) groups is 2. The first-order chi connectivity index (χ1) is 17.7. The van der Waals surface area contributed by atoms with Crippen molar-refractivity contribution in [2.45, 2.75) is 58.4 Å². The molecular formula is C28H35N5O4. The maximum atomic E-state index is 12.6. The lowest BCUT2D eigenvalue weighted by Crippen LogP contribution is -2.34. The number of ether oxygens (including phenoxy) is 1. The number of benzene rings is 1. The summed E-state index contributed by atoms with van der Waals surface area (Å²) >= 11 is 0. The first-order valence-corrected chi connectivity index (χ1v) is 12.7. The summed E-state index contributed by atoms with van der Waals surface area (Å²) in [6, 6.07) is 12.6. The molecule has 1 aromatic carbocycles. The van der Waals surface area contributed by atoms with Gasteiger partial charge in [0.05, 0.1) is 12.6 Å². The summed E-state index contributed by atoms with van der Waals surface area (Å²) in [6.07, 6.45) is 4.24. The molecule has 0 spiro atoms. The third-order valence-corrected chi connectivity index (χ3v) is 6.32. The highest BCUT2D eigenvalue weighted by molar-refractivity contribution is 6.02. The first-order valence-electron chi connectivity index (χ1n) is 12.7. The van der Waals surface area contributed by atoms with Crippen LogP contribution in [0.2, 0.25) is 0 Å². The lowest BCUT2D eigenvalue weighted by molar-refractivity contribution is -0.115. The smallest absolute Gasteiger partial charge is 0.274 e. The molecule has 9 nitrogen and oxygen atoms in total. The number of hydrogen-bond acceptors (Lipinski definition) is 7. The van der Waals surface area contributed by atoms with Crippen molar-refractivity contribution in [2.24, 2.45) is 0 Å². The van der Waals surface area contributed by atoms with Crippen molar-refractivity contribution in [1.82, 2.24) is 15.0 Å². The summed E-state index contributed by atoms with van der Waals surface area (Å²) < 4.78 is 11.2. The average molecular weight is 506 g/mol. The van der Waals surface area contributed by atoms with Gasteiger partial charge in [-0.1, -0.05) is 38.1 Å². The van der Waals surface area contributed by atoms with E-state index in [-0.39, 0.29) is 23.7 Å². The minimum atomic E-state index is -0.317. The van der Waals surface area contributed by atoms with Crippen LogP contribution < -0.4 is 15.4 Å². The van der Waals surface area contributed by atoms with Gasteiger partial charge < -0.3 is 19.9 Å². The number of rotatable bonds is 9. The Labute approximate surface area is 217 Å². The zero-order chi connectivity index (χ0) is 26.4. The number of aromatic nitrogens is 2. The van der Waals surface area contributed by atoms with Gasteiger partial charge in [-0.15, -0.1) is 0 Å². The van der Waals surface area contributed by atoms with Gasteiger partial charge in [0.25, 0.3) is 5.91 Å². The Bertz CT molecular complexity index is 1190. The van der Waals surface area contributed by atoms with E-state index in [1.165, 1.54) is 12.8 Å². The molecule has 9 heteroatoms. The standard InChI is InChI=1S/C28H35N5O4/c1-19(33-13-5-6-14-33)18-36-22-11-12-23(29-17-22)27(35)30-21-9-7-20(8-10-21)15-26(34)31-25-16-24(37-32-25)28(2,3)4/h7-12,16-17,19H,5-6,13-15,18H2,1-4H3,(H,30,35)(H,31,32,34). The van der Waals surface area contributed by atoms with Crippen molar-refractivity contribution in [1.29, 1.82) is 0 Å². The number of anilines is 2. The van der Waals surface area contributed by atoms with E-state index < -0.39 is 0 Å². The second-order valence-electron chi connectivity index (χ2n) is 10.5. The Hall–Kier alpha value is -3.72. The van der Waals surface area contributed by atoms with Gasteiger partial charge in [0.2, 0.25) is 5.91 Å². The molecule has 2 amide bonds. The molecule has 3 aromatic rings. The van der Waals surface area contributed by atoms with Crippen LogP contribution >= 0.6 is 0 Å². The molecule has 1 saturated heterocycles. The number of nitrogens with one attached hydrogen (secondary N) is 2. The fraction of sp³-hybridized carbons (Fsp3) is 0.429. The molecule has 0 radical (unpaired) electrons. The van der Waals surface area contributed by atoms with Crippen molar-refractivity contribution in [3.8, 4) is 5.75 Å². The highest BCUT2D eigenvalue weighted by Crippen LogP contribution is 2.24. The zero-order valence-corrected chi connectivity index (χ0v) is 21.9. The molecule has 1 atom stereocenters. The van der Waals surface area contributed by atoms with Crippen LogP contribution in [0, 0.1) is 0 Å². The highest BCUT2D eigenvalue weighted by Gasteiger charge is 2.21. The number of likely N-dealkylation sites (tertiary alicyclic amines) is 1. The van der Waals surface area contributed by atoms with Gasteiger partial charge in [-0.05, 0) is 62.7 Å². The van der Waals surface area contributed by atoms with Crippen molar-refractivity contribution >= 4 is 23.3 Å². The van der Waals surface area contributed by atoms with Crippen molar-refractivity contribution in [3.05, 3.63) is 65.7 Å². The van der Waals surface area contributed by atoms with E-state index >= 15 is 0 Å². The monoisotopic (exact) mass is 505 g/mol. The van der Waals surface area contributed by atoms with E-state index in [1.54, 1.807) is 48.7 Å². The maximum Gasteiger partial charge on any atom is 0.274 e. The summed E-state index contributed by atoms with van der Waals surface area (Å²) in [5.74, 6) is 1.22. The molecule has 3 heterocycles. The van der Waals surface area contributed by atoms with Crippen LogP contribution in [0.25, 0.3) is 0 Å². The van der Waals surface area contributed by atoms with Crippen LogP contribution in [0.3, 0.4) is 0 Å². The van der Waals surface area contributed by atoms with Gasteiger partial charge in [-0.25, -0.2) is 4.98 Å². The number of nitrogens with zero attached hydrogens (tertiary/aromatic N) is 3. The first kappa shape index (κ1) is 26.3. The summed E-state index contributed by atoms with van der Waals surface area (Å²) in [5.41, 5.74) is 1.53. The van der Waals surface area contributed by atoms with E-state index in [4.69, 9.17) is 9.26 Å². The number of amides is 2. The molecule has 196 valence electrons. The molecule has 2 aromatic heterocycles. The van der Waals surface area contributed by atoms with Crippen LogP contribution in [-0.2, 0) is 16.6 Å². The Balaban J connectivity index is 1.24. The molecule has 1 unspecified atom stereocenters. The molecule has 4 rings (SSSR count). The van der Waals surface area contributed by atoms with Gasteiger partial charge in [0.1, 0.15) is 23.8 Å². The molecular weight excluding hydrogens is 470 g/mol. The lowest BCUT2D eigenvalue weighted by atomic mass is 9.93. The molecule has 0 bridgehead atoms. The molecule has 1 aliphatic heterocycles. The normalized spacial score (nSPS) is 14.8. The fourth-order valence-corrected chi connectivity index (χ4v) is 4.07. The summed E-state index contributed by atoms with van der Waals surface area (Å²) in [7, 11) is 0. The predicted octanol–water partition coefficient (Wildman–Crippen LogP) is 4.66. The maximum absolute atomic E-state index is 12.6. The van der Waals surface area contributed by atoms with Crippen LogP contribution in [-0.4, -0.2) is 52.6 Å². The zero-order valence-electron chi connectivity index (χ0n) is 21.9. The van der Waals surface area contributed by atoms with E-state index in [0.717, 1.165) is 18.7 Å². The predicted molar refractivity (Wildman–Crippen MR) is 142 cm³/mol. The second-order valence-corrected chi connectivity index (χ2v) is 10.5. The summed E-state index contributed by atoms with van der Waals surface area (Å²) in [5, 5.41) is 9.49. The van der Waals surface area contributed by atoms with Gasteiger partial charge in [0, 0.05) is 23.2 Å². The summed E-state index contributed by atoms with van der Waals surface area (Å²) in [4.78, 5) is 31.7. The lowest BCUT2D eigenvalue weighted by Gasteiger charge is -2.23. The van der Waals surface area contributed by atoms with Gasteiger partial charge in [0.15, 0.2) is 5.82 Å². The van der Waals surface area contributed by atoms with E-state index in [1.807, 2.05) is 20.8 Å². The average Bonchev–Trinajstić information content (AvgIpc) is 3.57. The Morgan fingerprint density at radius 3 is 2.43 bits per heavy atom. The Kier molecular flexibility index (Phi) is 8.23. The molecule has 1 fully saturated rings. The number of hydrogen-bond donors (Lipinski definition) is 2. The molecule has 1 aliphatic rings. The molecule has 2 N–H and O–H groups in total. The highest BCUT2D eigenvalue weighted by atomic mass is 16.5. The molecule has 0 saturated carbocycles. The quantitative estimate of drug-likeness (QED) is 0.435. The third-order valence-electron chi connectivity index (χ3n) is 6.32. The topological polar surface area (TPSA) is 110 Å². The summed E-state index contributed by atoms with van der Waals surface area (Å²) in [6.45, 7) is 11.0. The van der Waals surface area contributed by atoms with E-state index in [2.05, 4.69) is 32.6 Å². The van der Waals surface area contributed by atoms with Gasteiger partial charge >= 0.3 is 0 Å². The van der Waals surface area contributed by atoms with Gasteiger partial charge in [-0.2, -0.15) is 0 Å². The van der Waals surface area contributed by atoms with Crippen molar-refractivity contribution in [2.75, 3.05) is 30.3 Å². The van der Waals surface area contributed by atoms with Gasteiger partial charge in [-0.3, -0.25) is 14.5 Å². The van der Waals surface area contributed by atoms with Crippen LogP contribution in [0.4, 0.5) is 11.5 Å². The largest absolute Gasteiger partial charge is 0.490 e. The van der Waals surface area contributed by atoms with Crippen LogP contribution in [0.15, 0.2) is 53.2 Å². The fourth-order valence-electron chi connectivity index (χ4n) is 4.07. The number of pyridine rings is 1. The minimum absolute atomic E-state index is 0.172. The molecule has 37 heavy (non-hydrogen) atoms. The number of carbonyl (C=O) groups excluding carboxylic acids is 2. The second kappa shape index (κ2) is 11.6. The molecule has 0 aliphatic carbocycles. The van der Waals surface area contributed by atoms with E-state index in [0.29, 0.717) is 41.4 Å². The third kappa shape index (κ3) is 7.39. The van der Waals surface area contributed by atoms with Crippen molar-refractivity contribution < 1.29 is 18.8 Å². The minimum Gasteiger partial charge on any atom is -0.490 e. The van der Waals surface area contributed by atoms with Crippen molar-refractivity contribution in [3.63, 3.8) is 0 Å². The van der Waals surface area contributed by atoms with Crippen LogP contribution in [0.1, 0.15) is 62.3 Å². The Morgan fingerprint density at radius 2 is 1.81 bits per heavy atom. The van der Waals surface area contributed by atoms with E-state index in [9.17, 15) is 9.59 Å².